The van der Waals surface area contributed by atoms with Gasteiger partial charge in [-0.05, 0) is 38.1 Å². The fourth-order valence-electron chi connectivity index (χ4n) is 3.00. The maximum Gasteiger partial charge on any atom is 0.243 e. The molecule has 1 atom stereocenters. The van der Waals surface area contributed by atoms with Crippen LogP contribution in [0.25, 0.3) is 0 Å². The van der Waals surface area contributed by atoms with Crippen molar-refractivity contribution >= 4 is 15.7 Å². The van der Waals surface area contributed by atoms with Crippen LogP contribution in [0.1, 0.15) is 12.5 Å². The second kappa shape index (κ2) is 6.34. The molecule has 0 radical (unpaired) electrons. The summed E-state index contributed by atoms with van der Waals surface area (Å²) in [4.78, 5) is 2.65. The number of sulfonamides is 1. The number of hydrogen-bond acceptors (Lipinski definition) is 3. The van der Waals surface area contributed by atoms with E-state index in [4.69, 9.17) is 0 Å². The zero-order valence-corrected chi connectivity index (χ0v) is 14.3. The monoisotopic (exact) mass is 330 g/mol. The summed E-state index contributed by atoms with van der Waals surface area (Å²) in [5.41, 5.74) is 2.38. The van der Waals surface area contributed by atoms with Gasteiger partial charge in [-0.1, -0.05) is 35.9 Å². The summed E-state index contributed by atoms with van der Waals surface area (Å²) in [6.07, 6.45) is 0. The van der Waals surface area contributed by atoms with Crippen molar-refractivity contribution in [1.82, 2.24) is 4.31 Å². The Balaban J connectivity index is 1.77. The molecule has 1 aliphatic heterocycles. The van der Waals surface area contributed by atoms with Crippen LogP contribution in [-0.2, 0) is 10.0 Å². The SMILES string of the molecule is Cc1ccc(N2CCN(S(=O)(=O)c3ccccc3)CC2C)cc1. The van der Waals surface area contributed by atoms with Gasteiger partial charge in [0.1, 0.15) is 0 Å². The first-order valence-corrected chi connectivity index (χ1v) is 9.31. The van der Waals surface area contributed by atoms with Crippen molar-refractivity contribution in [3.63, 3.8) is 0 Å². The summed E-state index contributed by atoms with van der Waals surface area (Å²) in [6.45, 7) is 5.86. The average Bonchev–Trinajstić information content (AvgIpc) is 2.56. The fraction of sp³-hybridized carbons (Fsp3) is 0.333. The number of anilines is 1. The van der Waals surface area contributed by atoms with Crippen LogP contribution in [0.4, 0.5) is 5.69 Å². The molecule has 0 N–H and O–H groups in total. The number of nitrogens with zero attached hydrogens (tertiary/aromatic N) is 2. The lowest BCUT2D eigenvalue weighted by Gasteiger charge is -2.40. The second-order valence-electron chi connectivity index (χ2n) is 6.05. The Labute approximate surface area is 138 Å². The summed E-state index contributed by atoms with van der Waals surface area (Å²) in [5, 5.41) is 0. The minimum absolute atomic E-state index is 0.143. The Morgan fingerprint density at radius 2 is 1.61 bits per heavy atom. The van der Waals surface area contributed by atoms with Gasteiger partial charge >= 0.3 is 0 Å². The lowest BCUT2D eigenvalue weighted by molar-refractivity contribution is 0.342. The van der Waals surface area contributed by atoms with Gasteiger partial charge in [-0.15, -0.1) is 0 Å². The van der Waals surface area contributed by atoms with Gasteiger partial charge in [-0.3, -0.25) is 0 Å². The van der Waals surface area contributed by atoms with E-state index in [2.05, 4.69) is 43.0 Å². The van der Waals surface area contributed by atoms with Crippen molar-refractivity contribution < 1.29 is 8.42 Å². The van der Waals surface area contributed by atoms with E-state index >= 15 is 0 Å². The summed E-state index contributed by atoms with van der Waals surface area (Å²) in [7, 11) is -3.40. The summed E-state index contributed by atoms with van der Waals surface area (Å²) in [5.74, 6) is 0. The molecule has 0 aliphatic carbocycles. The molecule has 122 valence electrons. The van der Waals surface area contributed by atoms with E-state index in [1.807, 2.05) is 6.07 Å². The maximum atomic E-state index is 12.7. The van der Waals surface area contributed by atoms with E-state index < -0.39 is 10.0 Å². The Morgan fingerprint density at radius 1 is 0.957 bits per heavy atom. The highest BCUT2D eigenvalue weighted by atomic mass is 32.2. The zero-order valence-electron chi connectivity index (χ0n) is 13.5. The third kappa shape index (κ3) is 3.26. The quantitative estimate of drug-likeness (QED) is 0.869. The molecule has 1 heterocycles. The highest BCUT2D eigenvalue weighted by Crippen LogP contribution is 2.24. The molecule has 23 heavy (non-hydrogen) atoms. The van der Waals surface area contributed by atoms with Crippen molar-refractivity contribution in [2.24, 2.45) is 0 Å². The molecular formula is C18H22N2O2S. The molecule has 0 bridgehead atoms. The molecule has 0 spiro atoms. The first-order valence-electron chi connectivity index (χ1n) is 7.87. The predicted molar refractivity (Wildman–Crippen MR) is 93.2 cm³/mol. The van der Waals surface area contributed by atoms with Crippen LogP contribution < -0.4 is 4.90 Å². The molecule has 2 aromatic carbocycles. The molecule has 0 amide bonds. The van der Waals surface area contributed by atoms with Crippen LogP contribution in [0.2, 0.25) is 0 Å². The van der Waals surface area contributed by atoms with Crippen LogP contribution in [0.15, 0.2) is 59.5 Å². The van der Waals surface area contributed by atoms with Gasteiger partial charge in [-0.2, -0.15) is 4.31 Å². The van der Waals surface area contributed by atoms with Crippen LogP contribution in [-0.4, -0.2) is 38.4 Å². The number of piperazine rings is 1. The number of aryl methyl sites for hydroxylation is 1. The highest BCUT2D eigenvalue weighted by molar-refractivity contribution is 7.89. The van der Waals surface area contributed by atoms with Crippen LogP contribution in [0.5, 0.6) is 0 Å². The fourth-order valence-corrected chi connectivity index (χ4v) is 4.54. The Bertz CT molecular complexity index is 757. The van der Waals surface area contributed by atoms with Crippen molar-refractivity contribution in [3.8, 4) is 0 Å². The van der Waals surface area contributed by atoms with E-state index in [1.165, 1.54) is 5.56 Å². The first kappa shape index (κ1) is 16.0. The molecule has 5 heteroatoms. The molecule has 0 aromatic heterocycles. The summed E-state index contributed by atoms with van der Waals surface area (Å²) < 4.78 is 27.1. The molecule has 3 rings (SSSR count). The van der Waals surface area contributed by atoms with Gasteiger partial charge < -0.3 is 4.90 Å². The lowest BCUT2D eigenvalue weighted by atomic mass is 10.1. The maximum absolute atomic E-state index is 12.7. The standard InChI is InChI=1S/C18H22N2O2S/c1-15-8-10-17(11-9-15)20-13-12-19(14-16(20)2)23(21,22)18-6-4-3-5-7-18/h3-11,16H,12-14H2,1-2H3. The molecule has 1 fully saturated rings. The largest absolute Gasteiger partial charge is 0.366 e. The summed E-state index contributed by atoms with van der Waals surface area (Å²) >= 11 is 0. The third-order valence-corrected chi connectivity index (χ3v) is 6.22. The number of rotatable bonds is 3. The van der Waals surface area contributed by atoms with Gasteiger partial charge in [0.25, 0.3) is 0 Å². The molecule has 1 saturated heterocycles. The van der Waals surface area contributed by atoms with E-state index in [0.29, 0.717) is 24.5 Å². The van der Waals surface area contributed by atoms with E-state index in [9.17, 15) is 8.42 Å². The molecule has 4 nitrogen and oxygen atoms in total. The lowest BCUT2D eigenvalue weighted by Crippen LogP contribution is -2.53. The number of hydrogen-bond donors (Lipinski definition) is 0. The normalized spacial score (nSPS) is 19.7. The minimum Gasteiger partial charge on any atom is -0.366 e. The highest BCUT2D eigenvalue weighted by Gasteiger charge is 2.32. The molecule has 0 saturated carbocycles. The van der Waals surface area contributed by atoms with Crippen molar-refractivity contribution in [2.45, 2.75) is 24.8 Å². The molecule has 1 unspecified atom stereocenters. The van der Waals surface area contributed by atoms with Gasteiger partial charge in [-0.25, -0.2) is 8.42 Å². The van der Waals surface area contributed by atoms with Crippen molar-refractivity contribution in [1.29, 1.82) is 0 Å². The number of benzene rings is 2. The van der Waals surface area contributed by atoms with Crippen LogP contribution in [0.3, 0.4) is 0 Å². The van der Waals surface area contributed by atoms with E-state index in [0.717, 1.165) is 5.69 Å². The third-order valence-electron chi connectivity index (χ3n) is 4.34. The minimum atomic E-state index is -3.40. The average molecular weight is 330 g/mol. The zero-order chi connectivity index (χ0) is 16.4. The summed E-state index contributed by atoms with van der Waals surface area (Å²) in [6, 6.07) is 17.2. The van der Waals surface area contributed by atoms with Gasteiger partial charge in [0.05, 0.1) is 4.90 Å². The molecule has 1 aliphatic rings. The van der Waals surface area contributed by atoms with Crippen molar-refractivity contribution in [2.75, 3.05) is 24.5 Å². The van der Waals surface area contributed by atoms with Crippen LogP contribution >= 0.6 is 0 Å². The predicted octanol–water partition coefficient (Wildman–Crippen LogP) is 2.89. The molecular weight excluding hydrogens is 308 g/mol. The Morgan fingerprint density at radius 3 is 2.22 bits per heavy atom. The molecule has 2 aromatic rings. The van der Waals surface area contributed by atoms with E-state index in [-0.39, 0.29) is 6.04 Å². The smallest absolute Gasteiger partial charge is 0.243 e. The van der Waals surface area contributed by atoms with Crippen molar-refractivity contribution in [3.05, 3.63) is 60.2 Å². The Kier molecular flexibility index (Phi) is 4.41. The first-order chi connectivity index (χ1) is 11.0. The topological polar surface area (TPSA) is 40.6 Å². The van der Waals surface area contributed by atoms with Gasteiger partial charge in [0.2, 0.25) is 10.0 Å². The second-order valence-corrected chi connectivity index (χ2v) is 7.99. The van der Waals surface area contributed by atoms with Crippen LogP contribution in [0, 0.1) is 6.92 Å². The van der Waals surface area contributed by atoms with E-state index in [1.54, 1.807) is 28.6 Å². The Hall–Kier alpha value is -1.85. The van der Waals surface area contributed by atoms with Gasteiger partial charge in [0, 0.05) is 31.4 Å². The van der Waals surface area contributed by atoms with Gasteiger partial charge in [0.15, 0.2) is 0 Å².